The molecule has 1 atom stereocenters. The van der Waals surface area contributed by atoms with Crippen molar-refractivity contribution in [1.82, 2.24) is 4.90 Å². The summed E-state index contributed by atoms with van der Waals surface area (Å²) in [5.41, 5.74) is 7.91. The summed E-state index contributed by atoms with van der Waals surface area (Å²) in [4.78, 5) is 25.1. The van der Waals surface area contributed by atoms with Gasteiger partial charge in [0.05, 0.1) is 16.3 Å². The quantitative estimate of drug-likeness (QED) is 0.0813. The Morgan fingerprint density at radius 2 is 1.73 bits per heavy atom. The minimum Gasteiger partial charge on any atom is -0.325 e. The number of unbranched alkanes of at least 4 members (excludes halogenated alkanes) is 1. The molecule has 4 rings (SSSR count). The second-order valence-corrected chi connectivity index (χ2v) is 10.8. The van der Waals surface area contributed by atoms with Gasteiger partial charge in [0, 0.05) is 17.8 Å². The van der Waals surface area contributed by atoms with Gasteiger partial charge in [-0.1, -0.05) is 30.3 Å². The van der Waals surface area contributed by atoms with E-state index in [1.807, 2.05) is 42.5 Å². The number of amides is 1. The summed E-state index contributed by atoms with van der Waals surface area (Å²) in [6.45, 7) is 4.77. The largest absolute Gasteiger partial charge is 0.325 e. The molecule has 0 aliphatic carbocycles. The first-order valence-corrected chi connectivity index (χ1v) is 14.2. The van der Waals surface area contributed by atoms with Crippen molar-refractivity contribution in [2.75, 3.05) is 30.4 Å². The van der Waals surface area contributed by atoms with Crippen LogP contribution in [0.4, 0.5) is 17.1 Å². The number of hydrogen-bond donors (Lipinski definition) is 2. The monoisotopic (exact) mass is 561 g/mol. The Morgan fingerprint density at radius 3 is 2.40 bits per heavy atom. The topological polar surface area (TPSA) is 99.9 Å². The van der Waals surface area contributed by atoms with E-state index in [4.69, 9.17) is 11.6 Å². The van der Waals surface area contributed by atoms with Crippen LogP contribution in [-0.2, 0) is 4.79 Å². The van der Waals surface area contributed by atoms with Crippen LogP contribution in [0.15, 0.2) is 84.0 Å². The van der Waals surface area contributed by atoms with E-state index in [9.17, 15) is 14.9 Å². The van der Waals surface area contributed by atoms with Gasteiger partial charge in [0.25, 0.3) is 5.69 Å². The summed E-state index contributed by atoms with van der Waals surface area (Å²) in [6.07, 6.45) is 4.94. The lowest BCUT2D eigenvalue weighted by Crippen LogP contribution is -2.33. The van der Waals surface area contributed by atoms with Crippen molar-refractivity contribution < 1.29 is 9.72 Å². The van der Waals surface area contributed by atoms with Crippen molar-refractivity contribution in [3.8, 4) is 0 Å². The van der Waals surface area contributed by atoms with Gasteiger partial charge in [-0.15, -0.1) is 11.6 Å². The fraction of sp³-hybridized carbons (Fsp3) is 0.355. The number of halogens is 1. The van der Waals surface area contributed by atoms with Gasteiger partial charge in [0.15, 0.2) is 0 Å². The first kappa shape index (κ1) is 29.2. The summed E-state index contributed by atoms with van der Waals surface area (Å²) < 4.78 is 0. The highest BCUT2D eigenvalue weighted by atomic mass is 35.5. The highest BCUT2D eigenvalue weighted by Gasteiger charge is 2.21. The number of nitro groups is 1. The minimum absolute atomic E-state index is 0.0730. The predicted octanol–water partition coefficient (Wildman–Crippen LogP) is 7.03. The van der Waals surface area contributed by atoms with Gasteiger partial charge >= 0.3 is 0 Å². The Balaban J connectivity index is 1.27. The number of likely N-dealkylation sites (tertiary alicyclic amines) is 1. The Labute approximate surface area is 240 Å². The molecule has 1 saturated heterocycles. The summed E-state index contributed by atoms with van der Waals surface area (Å²) in [6, 6.07) is 24.5. The third-order valence-electron chi connectivity index (χ3n) is 7.22. The molecule has 1 heterocycles. The lowest BCUT2D eigenvalue weighted by atomic mass is 9.89. The van der Waals surface area contributed by atoms with E-state index in [2.05, 4.69) is 32.9 Å². The zero-order chi connectivity index (χ0) is 28.3. The fourth-order valence-corrected chi connectivity index (χ4v) is 4.97. The number of para-hydroxylation sites is 1. The van der Waals surface area contributed by atoms with Crippen LogP contribution < -0.4 is 10.7 Å². The number of alkyl halides is 1. The third kappa shape index (κ3) is 8.63. The molecule has 210 valence electrons. The van der Waals surface area contributed by atoms with E-state index < -0.39 is 5.38 Å². The van der Waals surface area contributed by atoms with Gasteiger partial charge in [0.2, 0.25) is 5.91 Å². The Hall–Kier alpha value is -3.75. The number of hydrogen-bond acceptors (Lipinski definition) is 6. The smallest absolute Gasteiger partial charge is 0.269 e. The van der Waals surface area contributed by atoms with Crippen LogP contribution in [0.5, 0.6) is 0 Å². The van der Waals surface area contributed by atoms with Gasteiger partial charge < -0.3 is 10.2 Å². The van der Waals surface area contributed by atoms with Crippen LogP contribution in [0.25, 0.3) is 0 Å². The molecule has 1 amide bonds. The average molecular weight is 562 g/mol. The van der Waals surface area contributed by atoms with Crippen molar-refractivity contribution >= 4 is 40.3 Å². The second kappa shape index (κ2) is 14.6. The van der Waals surface area contributed by atoms with Gasteiger partial charge in [-0.05, 0) is 112 Å². The molecule has 40 heavy (non-hydrogen) atoms. The molecule has 1 unspecified atom stereocenters. The SMILES string of the molecule is CC(Cl)C(=O)Nc1cccc(C2CCN(CCCC/C(=N\Nc3ccccc3)c3ccc([N+](=O)[O-])cc3)CC2)c1. The Bertz CT molecular complexity index is 1290. The number of non-ortho nitro benzene ring substituents is 1. The number of hydrazone groups is 1. The molecular formula is C31H36ClN5O3. The third-order valence-corrected chi connectivity index (χ3v) is 7.42. The maximum Gasteiger partial charge on any atom is 0.269 e. The minimum atomic E-state index is -0.566. The van der Waals surface area contributed by atoms with E-state index in [1.165, 1.54) is 17.7 Å². The standard InChI is InChI=1S/C31H36ClN5O3/c1-23(32)31(38)33-28-11-7-8-26(22-28)24-17-20-36(21-18-24)19-6-5-12-30(35-34-27-9-3-2-4-10-27)25-13-15-29(16-14-25)37(39)40/h2-4,7-11,13-16,22-24,34H,5-6,12,17-21H2,1H3,(H,33,38)/b35-30+. The Kier molecular flexibility index (Phi) is 10.7. The zero-order valence-corrected chi connectivity index (χ0v) is 23.5. The predicted molar refractivity (Wildman–Crippen MR) is 162 cm³/mol. The molecule has 3 aromatic carbocycles. The maximum absolute atomic E-state index is 11.9. The molecule has 0 saturated carbocycles. The molecular weight excluding hydrogens is 526 g/mol. The zero-order valence-electron chi connectivity index (χ0n) is 22.8. The molecule has 0 aromatic heterocycles. The number of piperidine rings is 1. The van der Waals surface area contributed by atoms with Crippen LogP contribution in [0.3, 0.4) is 0 Å². The molecule has 2 N–H and O–H groups in total. The number of nitrogens with zero attached hydrogens (tertiary/aromatic N) is 3. The van der Waals surface area contributed by atoms with Gasteiger partial charge in [0.1, 0.15) is 5.38 Å². The molecule has 3 aromatic rings. The van der Waals surface area contributed by atoms with Crippen LogP contribution in [0, 0.1) is 10.1 Å². The lowest BCUT2D eigenvalue weighted by Gasteiger charge is -2.32. The van der Waals surface area contributed by atoms with Gasteiger partial charge in [-0.3, -0.25) is 20.3 Å². The number of carbonyl (C=O) groups is 1. The van der Waals surface area contributed by atoms with Crippen molar-refractivity contribution in [1.29, 1.82) is 0 Å². The number of rotatable bonds is 12. The summed E-state index contributed by atoms with van der Waals surface area (Å²) in [5, 5.41) is 18.0. The molecule has 0 radical (unpaired) electrons. The first-order chi connectivity index (χ1) is 19.4. The van der Waals surface area contributed by atoms with Crippen molar-refractivity contribution in [2.24, 2.45) is 5.10 Å². The molecule has 1 fully saturated rings. The molecule has 1 aliphatic heterocycles. The molecule has 0 spiro atoms. The first-order valence-electron chi connectivity index (χ1n) is 13.8. The van der Waals surface area contributed by atoms with Gasteiger partial charge in [-0.2, -0.15) is 5.10 Å². The van der Waals surface area contributed by atoms with Crippen LogP contribution in [0.1, 0.15) is 56.1 Å². The highest BCUT2D eigenvalue weighted by molar-refractivity contribution is 6.32. The number of carbonyl (C=O) groups excluding carboxylic acids is 1. The number of benzene rings is 3. The van der Waals surface area contributed by atoms with E-state index in [1.54, 1.807) is 19.1 Å². The maximum atomic E-state index is 11.9. The van der Waals surface area contributed by atoms with E-state index in [0.29, 0.717) is 5.92 Å². The van der Waals surface area contributed by atoms with E-state index >= 15 is 0 Å². The summed E-state index contributed by atoms with van der Waals surface area (Å²) in [5.74, 6) is 0.290. The van der Waals surface area contributed by atoms with Crippen LogP contribution in [-0.4, -0.2) is 46.5 Å². The highest BCUT2D eigenvalue weighted by Crippen LogP contribution is 2.30. The summed E-state index contributed by atoms with van der Waals surface area (Å²) in [7, 11) is 0. The summed E-state index contributed by atoms with van der Waals surface area (Å²) >= 11 is 5.89. The molecule has 9 heteroatoms. The molecule has 8 nitrogen and oxygen atoms in total. The van der Waals surface area contributed by atoms with E-state index in [-0.39, 0.29) is 16.5 Å². The van der Waals surface area contributed by atoms with Crippen LogP contribution in [0.2, 0.25) is 0 Å². The normalized spacial score (nSPS) is 15.4. The van der Waals surface area contributed by atoms with Crippen molar-refractivity contribution in [3.63, 3.8) is 0 Å². The van der Waals surface area contributed by atoms with Crippen LogP contribution >= 0.6 is 11.6 Å². The number of nitrogens with one attached hydrogen (secondary N) is 2. The molecule has 1 aliphatic rings. The second-order valence-electron chi connectivity index (χ2n) is 10.1. The fourth-order valence-electron chi connectivity index (χ4n) is 4.91. The van der Waals surface area contributed by atoms with Crippen molar-refractivity contribution in [2.45, 2.75) is 50.3 Å². The number of nitro benzene ring substituents is 1. The lowest BCUT2D eigenvalue weighted by molar-refractivity contribution is -0.384. The number of anilines is 2. The Morgan fingerprint density at radius 1 is 1.02 bits per heavy atom. The van der Waals surface area contributed by atoms with E-state index in [0.717, 1.165) is 74.4 Å². The van der Waals surface area contributed by atoms with Crippen molar-refractivity contribution in [3.05, 3.63) is 100 Å². The average Bonchev–Trinajstić information content (AvgIpc) is 2.98. The molecule has 0 bridgehead atoms. The van der Waals surface area contributed by atoms with Gasteiger partial charge in [-0.25, -0.2) is 0 Å².